The number of nitro groups is 1. The molecule has 0 aliphatic carbocycles. The number of anilines is 2. The van der Waals surface area contributed by atoms with E-state index in [9.17, 15) is 14.9 Å². The highest BCUT2D eigenvalue weighted by Crippen LogP contribution is 2.32. The normalized spacial score (nSPS) is 13.2. The fourth-order valence-electron chi connectivity index (χ4n) is 3.90. The van der Waals surface area contributed by atoms with E-state index in [1.54, 1.807) is 16.6 Å². The van der Waals surface area contributed by atoms with Gasteiger partial charge >= 0.3 is 0 Å². The summed E-state index contributed by atoms with van der Waals surface area (Å²) in [7, 11) is 0. The zero-order valence-corrected chi connectivity index (χ0v) is 20.2. The van der Waals surface area contributed by atoms with Crippen molar-refractivity contribution in [3.63, 3.8) is 0 Å². The molecule has 0 saturated carbocycles. The summed E-state index contributed by atoms with van der Waals surface area (Å²) in [5, 5.41) is 30.6. The van der Waals surface area contributed by atoms with Crippen LogP contribution in [0.5, 0.6) is 0 Å². The molecule has 0 unspecified atom stereocenters. The van der Waals surface area contributed by atoms with Crippen molar-refractivity contribution in [2.24, 2.45) is 0 Å². The molecule has 35 heavy (non-hydrogen) atoms. The monoisotopic (exact) mass is 508 g/mol. The lowest BCUT2D eigenvalue weighted by atomic mass is 10.1. The van der Waals surface area contributed by atoms with Crippen LogP contribution in [0.2, 0.25) is 0 Å². The molecule has 3 heterocycles. The number of benzene rings is 2. The van der Waals surface area contributed by atoms with E-state index < -0.39 is 10.8 Å². The third kappa shape index (κ3) is 4.68. The first-order valence-electron chi connectivity index (χ1n) is 10.8. The van der Waals surface area contributed by atoms with Gasteiger partial charge in [-0.1, -0.05) is 11.3 Å². The molecular weight excluding hydrogens is 488 g/mol. The number of thiocarbonyl (C=S) groups is 1. The van der Waals surface area contributed by atoms with E-state index >= 15 is 0 Å². The Balaban J connectivity index is 1.24. The number of fused-ring (bicyclic) bond motifs is 1. The minimum Gasteiger partial charge on any atom is -0.366 e. The molecule has 1 aliphatic heterocycles. The van der Waals surface area contributed by atoms with E-state index in [4.69, 9.17) is 12.2 Å². The summed E-state index contributed by atoms with van der Waals surface area (Å²) < 4.78 is 1.69. The maximum absolute atomic E-state index is 12.7. The average Bonchev–Trinajstić information content (AvgIpc) is 3.59. The van der Waals surface area contributed by atoms with Gasteiger partial charge in [-0.25, -0.2) is 0 Å². The average molecular weight is 509 g/mol. The largest absolute Gasteiger partial charge is 0.366 e. The second kappa shape index (κ2) is 9.35. The Kier molecular flexibility index (Phi) is 6.09. The molecule has 1 fully saturated rings. The van der Waals surface area contributed by atoms with Crippen LogP contribution in [-0.2, 0) is 0 Å². The fraction of sp³-hybridized carbons (Fsp3) is 0.227. The highest BCUT2D eigenvalue weighted by molar-refractivity contribution is 7.80. The van der Waals surface area contributed by atoms with Crippen LogP contribution < -0.4 is 15.5 Å². The van der Waals surface area contributed by atoms with Crippen molar-refractivity contribution >= 4 is 56.6 Å². The Morgan fingerprint density at radius 3 is 2.57 bits per heavy atom. The maximum atomic E-state index is 12.7. The van der Waals surface area contributed by atoms with Gasteiger partial charge in [0, 0.05) is 36.0 Å². The Morgan fingerprint density at radius 1 is 1.14 bits per heavy atom. The number of nitrogens with one attached hydrogen (secondary N) is 2. The molecule has 0 radical (unpaired) electrons. The summed E-state index contributed by atoms with van der Waals surface area (Å²) in [6.45, 7) is 3.38. The first kappa shape index (κ1) is 22.8. The number of aromatic nitrogens is 4. The van der Waals surface area contributed by atoms with Crippen molar-refractivity contribution in [1.29, 1.82) is 0 Å². The van der Waals surface area contributed by atoms with E-state index in [0.29, 0.717) is 11.4 Å². The standard InChI is InChI=1S/C22H20N8O3S2/c1-13-25-26-22-29(13)27-20(35-22)14-4-7-16(8-5-14)23-21(34)24-19(31)15-6-9-17(18(12-15)30(32)33)28-10-2-3-11-28/h4-9,12H,2-3,10-11H2,1H3,(H2,23,24,31,34). The first-order chi connectivity index (χ1) is 16.9. The van der Waals surface area contributed by atoms with Gasteiger partial charge in [0.2, 0.25) is 4.96 Å². The lowest BCUT2D eigenvalue weighted by molar-refractivity contribution is -0.384. The molecule has 0 bridgehead atoms. The van der Waals surface area contributed by atoms with Gasteiger partial charge in [-0.15, -0.1) is 10.2 Å². The molecule has 1 amide bonds. The molecule has 2 aromatic carbocycles. The summed E-state index contributed by atoms with van der Waals surface area (Å²) in [5.74, 6) is 0.197. The van der Waals surface area contributed by atoms with Crippen molar-refractivity contribution in [2.45, 2.75) is 19.8 Å². The molecule has 178 valence electrons. The van der Waals surface area contributed by atoms with Crippen molar-refractivity contribution in [1.82, 2.24) is 25.1 Å². The fourth-order valence-corrected chi connectivity index (χ4v) is 5.00. The third-order valence-electron chi connectivity index (χ3n) is 5.64. The number of nitro benzene ring substituents is 1. The smallest absolute Gasteiger partial charge is 0.293 e. The van der Waals surface area contributed by atoms with Crippen LogP contribution in [0.3, 0.4) is 0 Å². The molecule has 13 heteroatoms. The predicted molar refractivity (Wildman–Crippen MR) is 137 cm³/mol. The molecule has 0 atom stereocenters. The second-order valence-electron chi connectivity index (χ2n) is 7.99. The number of hydrogen-bond donors (Lipinski definition) is 2. The number of amides is 1. The minimum atomic E-state index is -0.523. The van der Waals surface area contributed by atoms with Crippen molar-refractivity contribution in [3.05, 3.63) is 64.0 Å². The van der Waals surface area contributed by atoms with Gasteiger partial charge in [0.1, 0.15) is 10.7 Å². The van der Waals surface area contributed by atoms with E-state index in [1.807, 2.05) is 36.1 Å². The molecule has 0 spiro atoms. The Bertz CT molecular complexity index is 1440. The number of rotatable bonds is 5. The predicted octanol–water partition coefficient (Wildman–Crippen LogP) is 3.80. The molecule has 4 aromatic rings. The number of nitrogens with zero attached hydrogens (tertiary/aromatic N) is 6. The van der Waals surface area contributed by atoms with Crippen LogP contribution >= 0.6 is 23.6 Å². The number of carbonyl (C=O) groups is 1. The Hall–Kier alpha value is -3.97. The third-order valence-corrected chi connectivity index (χ3v) is 6.80. The molecular formula is C22H20N8O3S2. The maximum Gasteiger partial charge on any atom is 0.293 e. The van der Waals surface area contributed by atoms with Gasteiger partial charge in [-0.3, -0.25) is 20.2 Å². The van der Waals surface area contributed by atoms with E-state index in [2.05, 4.69) is 25.9 Å². The molecule has 2 aromatic heterocycles. The van der Waals surface area contributed by atoms with Gasteiger partial charge in [0.15, 0.2) is 10.9 Å². The van der Waals surface area contributed by atoms with Crippen molar-refractivity contribution < 1.29 is 9.72 Å². The molecule has 1 saturated heterocycles. The van der Waals surface area contributed by atoms with Crippen LogP contribution in [0.1, 0.15) is 29.0 Å². The van der Waals surface area contributed by atoms with E-state index in [-0.39, 0.29) is 16.4 Å². The number of aryl methyl sites for hydroxylation is 1. The van der Waals surface area contributed by atoms with Gasteiger partial charge < -0.3 is 10.2 Å². The van der Waals surface area contributed by atoms with Crippen LogP contribution in [0.15, 0.2) is 42.5 Å². The van der Waals surface area contributed by atoms with E-state index in [1.165, 1.54) is 17.4 Å². The van der Waals surface area contributed by atoms with Crippen LogP contribution in [0.4, 0.5) is 17.1 Å². The Morgan fingerprint density at radius 2 is 1.89 bits per heavy atom. The summed E-state index contributed by atoms with van der Waals surface area (Å²) in [6.07, 6.45) is 1.99. The zero-order chi connectivity index (χ0) is 24.5. The summed E-state index contributed by atoms with van der Waals surface area (Å²) in [5.41, 5.74) is 2.19. The van der Waals surface area contributed by atoms with Crippen LogP contribution in [0.25, 0.3) is 15.5 Å². The topological polar surface area (TPSA) is 131 Å². The molecule has 2 N–H and O–H groups in total. The van der Waals surface area contributed by atoms with Gasteiger partial charge in [0.25, 0.3) is 11.6 Å². The van der Waals surface area contributed by atoms with Crippen LogP contribution in [-0.4, -0.2) is 48.8 Å². The highest BCUT2D eigenvalue weighted by Gasteiger charge is 2.24. The SMILES string of the molecule is Cc1nnc2sc(-c3ccc(NC(=S)NC(=O)c4ccc(N5CCCC5)c([N+](=O)[O-])c4)cc3)nn12. The summed E-state index contributed by atoms with van der Waals surface area (Å²) >= 11 is 6.70. The van der Waals surface area contributed by atoms with Crippen molar-refractivity contribution in [2.75, 3.05) is 23.3 Å². The second-order valence-corrected chi connectivity index (χ2v) is 9.35. The lowest BCUT2D eigenvalue weighted by Crippen LogP contribution is -2.34. The number of carbonyl (C=O) groups excluding carboxylic acids is 1. The first-order valence-corrected chi connectivity index (χ1v) is 12.1. The Labute approximate surface area is 208 Å². The van der Waals surface area contributed by atoms with Gasteiger partial charge in [0.05, 0.1) is 4.92 Å². The van der Waals surface area contributed by atoms with Gasteiger partial charge in [-0.05, 0) is 68.4 Å². The van der Waals surface area contributed by atoms with Gasteiger partial charge in [-0.2, -0.15) is 9.61 Å². The molecule has 5 rings (SSSR count). The zero-order valence-electron chi connectivity index (χ0n) is 18.6. The summed E-state index contributed by atoms with van der Waals surface area (Å²) in [4.78, 5) is 26.5. The number of hydrogen-bond acceptors (Lipinski definition) is 9. The highest BCUT2D eigenvalue weighted by atomic mass is 32.1. The summed E-state index contributed by atoms with van der Waals surface area (Å²) in [6, 6.07) is 11.9. The lowest BCUT2D eigenvalue weighted by Gasteiger charge is -2.18. The minimum absolute atomic E-state index is 0.0865. The molecule has 11 nitrogen and oxygen atoms in total. The van der Waals surface area contributed by atoms with Crippen LogP contribution in [0, 0.1) is 17.0 Å². The molecule has 1 aliphatic rings. The van der Waals surface area contributed by atoms with E-state index in [0.717, 1.165) is 47.3 Å². The van der Waals surface area contributed by atoms with Crippen molar-refractivity contribution in [3.8, 4) is 10.6 Å². The quantitative estimate of drug-likeness (QED) is 0.235.